The maximum Gasteiger partial charge on any atom is 0.352 e. The molecule has 5 N–H and O–H groups in total. The van der Waals surface area contributed by atoms with E-state index in [9.17, 15) is 24.3 Å². The topological polar surface area (TPSA) is 176 Å². The molecular weight excluding hydrogens is 478 g/mol. The molecule has 11 nitrogen and oxygen atoms in total. The maximum atomic E-state index is 12.8. The minimum atomic E-state index is -1.19. The van der Waals surface area contributed by atoms with Crippen LogP contribution in [0.2, 0.25) is 0 Å². The molecule has 174 valence electrons. The van der Waals surface area contributed by atoms with Crippen LogP contribution in [0.4, 0.5) is 0 Å². The first-order chi connectivity index (χ1) is 15.0. The number of fused-ring (bicyclic) bond motifs is 1. The van der Waals surface area contributed by atoms with E-state index in [-0.39, 0.29) is 25.0 Å². The summed E-state index contributed by atoms with van der Waals surface area (Å²) >= 11 is 4.18. The molecule has 3 unspecified atom stereocenters. The summed E-state index contributed by atoms with van der Waals surface area (Å²) in [6, 6.07) is -1.90. The first kappa shape index (κ1) is 24.5. The summed E-state index contributed by atoms with van der Waals surface area (Å²) in [6.07, 6.45) is 0.428. The van der Waals surface area contributed by atoms with Crippen LogP contribution in [0.5, 0.6) is 0 Å². The third kappa shape index (κ3) is 4.92. The van der Waals surface area contributed by atoms with Crippen LogP contribution in [0.1, 0.15) is 31.2 Å². The molecule has 0 spiro atoms. The number of rotatable bonds is 10. The van der Waals surface area contributed by atoms with E-state index in [0.29, 0.717) is 17.1 Å². The molecule has 14 heteroatoms. The van der Waals surface area contributed by atoms with Crippen molar-refractivity contribution in [1.29, 1.82) is 0 Å². The van der Waals surface area contributed by atoms with Crippen molar-refractivity contribution in [2.45, 2.75) is 54.4 Å². The summed E-state index contributed by atoms with van der Waals surface area (Å²) in [6.45, 7) is 3.56. The fourth-order valence-corrected chi connectivity index (χ4v) is 6.75. The zero-order valence-corrected chi connectivity index (χ0v) is 19.8. The van der Waals surface area contributed by atoms with E-state index in [0.717, 1.165) is 9.35 Å². The molecular formula is C18H23N5O6S3. The van der Waals surface area contributed by atoms with E-state index in [4.69, 9.17) is 10.8 Å². The number of thioether (sulfide) groups is 2. The Labute approximate surface area is 196 Å². The standard InChI is InChI=1S/C18H23N5O6S3/c1-8-21-22-17(32-8)30-6-9-7-31-18(2)13(14(25)23(18)12(9)16(28)29)20-11(24)5-3-4-10(19)15(26)27/h10,13H,3-7,19H2,1-2H3,(H,20,24)(H,26,27)(H,28,29). The van der Waals surface area contributed by atoms with Gasteiger partial charge >= 0.3 is 11.9 Å². The number of nitrogens with two attached hydrogens (primary N) is 1. The van der Waals surface area contributed by atoms with Crippen molar-refractivity contribution in [3.05, 3.63) is 16.3 Å². The molecule has 0 aromatic carbocycles. The molecule has 2 aliphatic heterocycles. The lowest BCUT2D eigenvalue weighted by Gasteiger charge is -2.57. The van der Waals surface area contributed by atoms with Gasteiger partial charge in [0, 0.05) is 17.9 Å². The third-order valence-electron chi connectivity index (χ3n) is 5.17. The zero-order chi connectivity index (χ0) is 23.6. The van der Waals surface area contributed by atoms with Crippen molar-refractivity contribution in [1.82, 2.24) is 20.4 Å². The second-order valence-electron chi connectivity index (χ2n) is 7.49. The molecule has 32 heavy (non-hydrogen) atoms. The molecule has 2 amide bonds. The van der Waals surface area contributed by atoms with Crippen LogP contribution in [-0.2, 0) is 19.2 Å². The summed E-state index contributed by atoms with van der Waals surface area (Å²) in [5.41, 5.74) is 5.98. The predicted octanol–water partition coefficient (Wildman–Crippen LogP) is 0.650. The van der Waals surface area contributed by atoms with Gasteiger partial charge in [-0.2, -0.15) is 0 Å². The van der Waals surface area contributed by atoms with Gasteiger partial charge in [-0.3, -0.25) is 19.3 Å². The maximum absolute atomic E-state index is 12.8. The number of aromatic nitrogens is 2. The smallest absolute Gasteiger partial charge is 0.352 e. The van der Waals surface area contributed by atoms with Crippen LogP contribution in [0.25, 0.3) is 0 Å². The molecule has 1 aromatic heterocycles. The number of carboxylic acids is 2. The van der Waals surface area contributed by atoms with Crippen molar-refractivity contribution >= 4 is 58.6 Å². The Hall–Kier alpha value is -2.16. The number of amides is 2. The molecule has 1 fully saturated rings. The highest BCUT2D eigenvalue weighted by Crippen LogP contribution is 2.50. The Morgan fingerprint density at radius 3 is 2.69 bits per heavy atom. The molecule has 2 aliphatic rings. The highest BCUT2D eigenvalue weighted by atomic mass is 32.2. The van der Waals surface area contributed by atoms with Gasteiger partial charge in [0.15, 0.2) is 4.34 Å². The van der Waals surface area contributed by atoms with Crippen molar-refractivity contribution in [2.75, 3.05) is 11.5 Å². The van der Waals surface area contributed by atoms with Gasteiger partial charge in [-0.15, -0.1) is 22.0 Å². The largest absolute Gasteiger partial charge is 0.480 e. The van der Waals surface area contributed by atoms with Gasteiger partial charge in [-0.25, -0.2) is 4.79 Å². The fraction of sp³-hybridized carbons (Fsp3) is 0.556. The van der Waals surface area contributed by atoms with Gasteiger partial charge in [0.2, 0.25) is 5.91 Å². The summed E-state index contributed by atoms with van der Waals surface area (Å²) in [4.78, 5) is 48.2. The molecule has 0 aliphatic carbocycles. The Morgan fingerprint density at radius 1 is 1.38 bits per heavy atom. The van der Waals surface area contributed by atoms with Crippen molar-refractivity contribution < 1.29 is 29.4 Å². The number of β-lactam (4-membered cyclic amide) rings is 1. The van der Waals surface area contributed by atoms with Crippen LogP contribution in [-0.4, -0.2) is 77.5 Å². The van der Waals surface area contributed by atoms with Crippen LogP contribution < -0.4 is 11.1 Å². The van der Waals surface area contributed by atoms with Gasteiger partial charge < -0.3 is 21.3 Å². The minimum absolute atomic E-state index is 0.0241. The number of nitrogens with zero attached hydrogens (tertiary/aromatic N) is 3. The Bertz CT molecular complexity index is 982. The van der Waals surface area contributed by atoms with E-state index >= 15 is 0 Å². The first-order valence-corrected chi connectivity index (χ1v) is 12.5. The Balaban J connectivity index is 1.65. The highest BCUT2D eigenvalue weighted by molar-refractivity contribution is 8.02. The summed E-state index contributed by atoms with van der Waals surface area (Å²) in [5, 5.41) is 30.0. The van der Waals surface area contributed by atoms with Crippen LogP contribution in [0, 0.1) is 6.92 Å². The fourth-order valence-electron chi connectivity index (χ4n) is 3.46. The van der Waals surface area contributed by atoms with E-state index in [1.807, 2.05) is 6.92 Å². The minimum Gasteiger partial charge on any atom is -0.480 e. The van der Waals surface area contributed by atoms with Crippen molar-refractivity contribution in [3.8, 4) is 0 Å². The number of aliphatic carboxylic acids is 2. The lowest BCUT2D eigenvalue weighted by Crippen LogP contribution is -2.77. The van der Waals surface area contributed by atoms with Crippen LogP contribution in [0.15, 0.2) is 15.6 Å². The van der Waals surface area contributed by atoms with Crippen LogP contribution >= 0.6 is 34.9 Å². The third-order valence-corrected chi connectivity index (χ3v) is 8.72. The second-order valence-corrected chi connectivity index (χ2v) is 11.3. The van der Waals surface area contributed by atoms with Gasteiger partial charge in [-0.05, 0) is 32.3 Å². The molecule has 3 heterocycles. The summed E-state index contributed by atoms with van der Waals surface area (Å²) in [7, 11) is 0. The summed E-state index contributed by atoms with van der Waals surface area (Å²) in [5.74, 6) is -2.46. The number of hydrogen-bond acceptors (Lipinski definition) is 10. The lowest BCUT2D eigenvalue weighted by molar-refractivity contribution is -0.156. The summed E-state index contributed by atoms with van der Waals surface area (Å²) < 4.78 is 0.723. The highest BCUT2D eigenvalue weighted by Gasteiger charge is 2.62. The Morgan fingerprint density at radius 2 is 2.09 bits per heavy atom. The number of nitrogens with one attached hydrogen (secondary N) is 1. The number of hydrogen-bond donors (Lipinski definition) is 4. The molecule has 3 atom stereocenters. The normalized spacial score (nSPS) is 23.4. The van der Waals surface area contributed by atoms with E-state index in [2.05, 4.69) is 15.5 Å². The molecule has 1 saturated heterocycles. The first-order valence-electron chi connectivity index (χ1n) is 9.68. The zero-order valence-electron chi connectivity index (χ0n) is 17.4. The molecule has 1 aromatic rings. The van der Waals surface area contributed by atoms with Gasteiger partial charge in [0.25, 0.3) is 5.91 Å². The van der Waals surface area contributed by atoms with E-state index < -0.39 is 40.7 Å². The Kier molecular flexibility index (Phi) is 7.47. The SMILES string of the molecule is Cc1nnc(SCC2=C(C(=O)O)N3C(=O)C(NC(=O)CCCC(N)C(=O)O)C3(C)SC2)s1. The number of carbonyl (C=O) groups is 4. The second kappa shape index (κ2) is 9.77. The average Bonchev–Trinajstić information content (AvgIpc) is 3.15. The monoisotopic (exact) mass is 501 g/mol. The van der Waals surface area contributed by atoms with Gasteiger partial charge in [-0.1, -0.05) is 23.1 Å². The van der Waals surface area contributed by atoms with Crippen LogP contribution in [0.3, 0.4) is 0 Å². The van der Waals surface area contributed by atoms with Gasteiger partial charge in [0.05, 0.1) is 0 Å². The molecule has 0 bridgehead atoms. The molecule has 3 rings (SSSR count). The quantitative estimate of drug-likeness (QED) is 0.261. The predicted molar refractivity (Wildman–Crippen MR) is 119 cm³/mol. The van der Waals surface area contributed by atoms with E-state index in [1.165, 1.54) is 39.8 Å². The lowest BCUT2D eigenvalue weighted by atomic mass is 9.92. The number of aryl methyl sites for hydroxylation is 1. The molecule has 0 saturated carbocycles. The van der Waals surface area contributed by atoms with Crippen molar-refractivity contribution in [3.63, 3.8) is 0 Å². The number of carbonyl (C=O) groups excluding carboxylic acids is 2. The average molecular weight is 502 g/mol. The number of carboxylic acid groups (broad SMARTS) is 2. The molecule has 0 radical (unpaired) electrons. The van der Waals surface area contributed by atoms with Crippen molar-refractivity contribution in [2.24, 2.45) is 5.73 Å². The van der Waals surface area contributed by atoms with Gasteiger partial charge in [0.1, 0.15) is 27.7 Å². The van der Waals surface area contributed by atoms with E-state index in [1.54, 1.807) is 6.92 Å².